The minimum Gasteiger partial charge on any atom is -0.481 e. The van der Waals surface area contributed by atoms with E-state index in [1.54, 1.807) is 6.20 Å². The molecule has 4 nitrogen and oxygen atoms in total. The van der Waals surface area contributed by atoms with Crippen LogP contribution in [0.1, 0.15) is 55.8 Å². The van der Waals surface area contributed by atoms with Crippen LogP contribution in [-0.2, 0) is 11.2 Å². The fourth-order valence-electron chi connectivity index (χ4n) is 2.44. The van der Waals surface area contributed by atoms with Gasteiger partial charge in [0.1, 0.15) is 5.76 Å². The van der Waals surface area contributed by atoms with Gasteiger partial charge in [-0.15, -0.1) is 0 Å². The summed E-state index contributed by atoms with van der Waals surface area (Å²) < 4.78 is 5.25. The van der Waals surface area contributed by atoms with Gasteiger partial charge in [-0.3, -0.25) is 4.79 Å². The van der Waals surface area contributed by atoms with Gasteiger partial charge in [0.25, 0.3) is 0 Å². The van der Waals surface area contributed by atoms with Gasteiger partial charge in [0.2, 0.25) is 0 Å². The van der Waals surface area contributed by atoms with Gasteiger partial charge in [-0.1, -0.05) is 30.8 Å². The summed E-state index contributed by atoms with van der Waals surface area (Å²) in [4.78, 5) is 10.7. The van der Waals surface area contributed by atoms with Crippen molar-refractivity contribution in [1.82, 2.24) is 5.16 Å². The van der Waals surface area contributed by atoms with E-state index in [4.69, 9.17) is 9.63 Å². The molecule has 1 N–H and O–H groups in total. The van der Waals surface area contributed by atoms with Crippen molar-refractivity contribution in [3.63, 3.8) is 0 Å². The number of carboxylic acid groups (broad SMARTS) is 1. The summed E-state index contributed by atoms with van der Waals surface area (Å²) in [6.45, 7) is 0. The lowest BCUT2D eigenvalue weighted by atomic mass is 9.94. The van der Waals surface area contributed by atoms with E-state index in [2.05, 4.69) is 5.16 Å². The third-order valence-corrected chi connectivity index (χ3v) is 3.24. The number of hydrogen-bond donors (Lipinski definition) is 1. The molecule has 0 radical (unpaired) electrons. The van der Waals surface area contributed by atoms with Gasteiger partial charge in [0, 0.05) is 11.5 Å². The molecule has 1 aromatic rings. The van der Waals surface area contributed by atoms with Gasteiger partial charge >= 0.3 is 5.97 Å². The lowest BCUT2D eigenvalue weighted by molar-refractivity contribution is -0.136. The molecule has 1 heterocycles. The molecule has 1 aliphatic rings. The normalized spacial score (nSPS) is 18.2. The zero-order chi connectivity index (χ0) is 11.4. The van der Waals surface area contributed by atoms with E-state index >= 15 is 0 Å². The number of nitrogens with zero attached hydrogens (tertiary/aromatic N) is 1. The van der Waals surface area contributed by atoms with Crippen LogP contribution in [0.25, 0.3) is 0 Å². The lowest BCUT2D eigenvalue weighted by Gasteiger charge is -2.11. The van der Waals surface area contributed by atoms with Crippen LogP contribution in [0.5, 0.6) is 0 Å². The second kappa shape index (κ2) is 5.14. The first-order valence-corrected chi connectivity index (χ1v) is 5.92. The quantitative estimate of drug-likeness (QED) is 0.800. The molecule has 0 spiro atoms. The maximum absolute atomic E-state index is 10.7. The van der Waals surface area contributed by atoms with Gasteiger partial charge in [0.05, 0.1) is 12.6 Å². The molecule has 2 rings (SSSR count). The Morgan fingerprint density at radius 1 is 1.38 bits per heavy atom. The average Bonchev–Trinajstić information content (AvgIpc) is 2.53. The Morgan fingerprint density at radius 3 is 2.69 bits per heavy atom. The molecule has 4 heteroatoms. The molecule has 16 heavy (non-hydrogen) atoms. The van der Waals surface area contributed by atoms with Crippen LogP contribution in [0, 0.1) is 0 Å². The van der Waals surface area contributed by atoms with Crippen LogP contribution < -0.4 is 0 Å². The second-order valence-electron chi connectivity index (χ2n) is 4.47. The zero-order valence-electron chi connectivity index (χ0n) is 9.32. The van der Waals surface area contributed by atoms with Crippen molar-refractivity contribution in [1.29, 1.82) is 0 Å². The van der Waals surface area contributed by atoms with Crippen LogP contribution in [0.4, 0.5) is 0 Å². The fourth-order valence-corrected chi connectivity index (χ4v) is 2.44. The smallest absolute Gasteiger partial charge is 0.308 e. The van der Waals surface area contributed by atoms with E-state index in [0.29, 0.717) is 5.92 Å². The molecule has 0 saturated heterocycles. The Hall–Kier alpha value is -1.32. The molecule has 88 valence electrons. The summed E-state index contributed by atoms with van der Waals surface area (Å²) in [5.41, 5.74) is 0.749. The van der Waals surface area contributed by atoms with Crippen molar-refractivity contribution in [3.05, 3.63) is 17.5 Å². The topological polar surface area (TPSA) is 63.3 Å². The minimum atomic E-state index is -0.821. The van der Waals surface area contributed by atoms with Crippen molar-refractivity contribution >= 4 is 5.97 Å². The Kier molecular flexibility index (Phi) is 3.59. The van der Waals surface area contributed by atoms with Crippen LogP contribution in [0.15, 0.2) is 10.7 Å². The van der Waals surface area contributed by atoms with Crippen molar-refractivity contribution < 1.29 is 14.4 Å². The Labute approximate surface area is 94.6 Å². The molecule has 0 amide bonds. The predicted octanol–water partition coefficient (Wildman–Crippen LogP) is 2.74. The molecule has 0 bridgehead atoms. The number of aliphatic carboxylic acids is 1. The van der Waals surface area contributed by atoms with Gasteiger partial charge in [-0.25, -0.2) is 0 Å². The van der Waals surface area contributed by atoms with Crippen LogP contribution in [0.3, 0.4) is 0 Å². The molecular weight excluding hydrogens is 206 g/mol. The fraction of sp³-hybridized carbons (Fsp3) is 0.667. The van der Waals surface area contributed by atoms with Gasteiger partial charge in [-0.2, -0.15) is 0 Å². The van der Waals surface area contributed by atoms with Crippen molar-refractivity contribution in [2.75, 3.05) is 0 Å². The largest absolute Gasteiger partial charge is 0.481 e. The highest BCUT2D eigenvalue weighted by molar-refractivity contribution is 5.70. The van der Waals surface area contributed by atoms with E-state index < -0.39 is 5.97 Å². The molecule has 1 aromatic heterocycles. The molecular formula is C12H17NO3. The third kappa shape index (κ3) is 2.62. The first kappa shape index (κ1) is 11.2. The summed E-state index contributed by atoms with van der Waals surface area (Å²) in [5.74, 6) is 0.363. The molecule has 1 fully saturated rings. The molecule has 0 unspecified atom stereocenters. The van der Waals surface area contributed by atoms with Crippen molar-refractivity contribution in [3.8, 4) is 0 Å². The van der Waals surface area contributed by atoms with E-state index in [-0.39, 0.29) is 6.42 Å². The number of carbonyl (C=O) groups is 1. The minimum absolute atomic E-state index is 0.0231. The highest BCUT2D eigenvalue weighted by Crippen LogP contribution is 2.33. The van der Waals surface area contributed by atoms with E-state index in [0.717, 1.165) is 24.2 Å². The van der Waals surface area contributed by atoms with Crippen molar-refractivity contribution in [2.24, 2.45) is 0 Å². The highest BCUT2D eigenvalue weighted by Gasteiger charge is 2.22. The number of rotatable bonds is 3. The maximum Gasteiger partial charge on any atom is 0.308 e. The second-order valence-corrected chi connectivity index (χ2v) is 4.47. The Balaban J connectivity index is 2.11. The zero-order valence-corrected chi connectivity index (χ0v) is 9.32. The summed E-state index contributed by atoms with van der Waals surface area (Å²) in [6.07, 6.45) is 8.74. The highest BCUT2D eigenvalue weighted by atomic mass is 16.5. The predicted molar refractivity (Wildman–Crippen MR) is 58.3 cm³/mol. The van der Waals surface area contributed by atoms with Gasteiger partial charge in [0.15, 0.2) is 0 Å². The van der Waals surface area contributed by atoms with Gasteiger partial charge in [-0.05, 0) is 12.8 Å². The number of aromatic nitrogens is 1. The molecule has 0 aliphatic heterocycles. The van der Waals surface area contributed by atoms with Crippen LogP contribution in [0.2, 0.25) is 0 Å². The van der Waals surface area contributed by atoms with Gasteiger partial charge < -0.3 is 9.63 Å². The lowest BCUT2D eigenvalue weighted by Crippen LogP contribution is -2.04. The first-order valence-electron chi connectivity index (χ1n) is 5.92. The van der Waals surface area contributed by atoms with Crippen LogP contribution >= 0.6 is 0 Å². The molecule has 1 saturated carbocycles. The standard InChI is InChI=1S/C12H17NO3/c14-11(15)7-10-8-13-16-12(10)9-5-3-1-2-4-6-9/h8-9H,1-7H2,(H,14,15). The summed E-state index contributed by atoms with van der Waals surface area (Å²) in [7, 11) is 0. The maximum atomic E-state index is 10.7. The van der Waals surface area contributed by atoms with E-state index in [1.165, 1.54) is 25.7 Å². The number of hydrogen-bond acceptors (Lipinski definition) is 3. The van der Waals surface area contributed by atoms with E-state index in [1.807, 2.05) is 0 Å². The summed E-state index contributed by atoms with van der Waals surface area (Å²) in [6, 6.07) is 0. The number of carboxylic acids is 1. The SMILES string of the molecule is O=C(O)Cc1cnoc1C1CCCCCC1. The average molecular weight is 223 g/mol. The molecule has 0 atom stereocenters. The van der Waals surface area contributed by atoms with Crippen LogP contribution in [-0.4, -0.2) is 16.2 Å². The summed E-state index contributed by atoms with van der Waals surface area (Å²) in [5, 5.41) is 12.5. The molecule has 0 aromatic carbocycles. The Morgan fingerprint density at radius 2 is 2.06 bits per heavy atom. The van der Waals surface area contributed by atoms with E-state index in [9.17, 15) is 4.79 Å². The Bertz CT molecular complexity index is 351. The third-order valence-electron chi connectivity index (χ3n) is 3.24. The van der Waals surface area contributed by atoms with Crippen molar-refractivity contribution in [2.45, 2.75) is 50.9 Å². The monoisotopic (exact) mass is 223 g/mol. The first-order chi connectivity index (χ1) is 7.77. The summed E-state index contributed by atoms with van der Waals surface area (Å²) >= 11 is 0. The molecule has 1 aliphatic carbocycles.